The van der Waals surface area contributed by atoms with Gasteiger partial charge in [0, 0.05) is 31.1 Å². The van der Waals surface area contributed by atoms with Crippen molar-refractivity contribution in [3.63, 3.8) is 0 Å². The quantitative estimate of drug-likeness (QED) is 0.757. The van der Waals surface area contributed by atoms with Gasteiger partial charge >= 0.3 is 0 Å². The number of nitrogens with one attached hydrogen (secondary N) is 2. The van der Waals surface area contributed by atoms with Gasteiger partial charge in [0.15, 0.2) is 0 Å². The molecular formula is C11H16N4. The van der Waals surface area contributed by atoms with E-state index < -0.39 is 0 Å². The maximum absolute atomic E-state index is 4.35. The van der Waals surface area contributed by atoms with Gasteiger partial charge in [0.2, 0.25) is 0 Å². The minimum absolute atomic E-state index is 0.644. The molecule has 0 unspecified atom stereocenters. The lowest BCUT2D eigenvalue weighted by molar-refractivity contribution is 0.443. The smallest absolute Gasteiger partial charge is 0.134 e. The lowest BCUT2D eigenvalue weighted by Gasteiger charge is -2.29. The number of rotatable bonds is 2. The highest BCUT2D eigenvalue weighted by atomic mass is 15.1. The Morgan fingerprint density at radius 2 is 2.27 bits per heavy atom. The Morgan fingerprint density at radius 1 is 1.33 bits per heavy atom. The molecule has 1 aliphatic heterocycles. The van der Waals surface area contributed by atoms with E-state index in [9.17, 15) is 0 Å². The summed E-state index contributed by atoms with van der Waals surface area (Å²) < 4.78 is 0. The second-order valence-corrected chi connectivity index (χ2v) is 4.35. The van der Waals surface area contributed by atoms with Crippen molar-refractivity contribution in [1.29, 1.82) is 0 Å². The van der Waals surface area contributed by atoms with Crippen LogP contribution in [0.4, 0.5) is 5.82 Å². The first-order chi connectivity index (χ1) is 7.43. The van der Waals surface area contributed by atoms with Gasteiger partial charge in [-0.05, 0) is 19.3 Å². The summed E-state index contributed by atoms with van der Waals surface area (Å²) in [5.41, 5.74) is 2.49. The number of anilines is 1. The highest BCUT2D eigenvalue weighted by Gasteiger charge is 2.21. The van der Waals surface area contributed by atoms with Crippen molar-refractivity contribution in [2.75, 3.05) is 11.9 Å². The lowest BCUT2D eigenvalue weighted by atomic mass is 9.93. The van der Waals surface area contributed by atoms with E-state index in [1.165, 1.54) is 30.5 Å². The molecule has 0 amide bonds. The van der Waals surface area contributed by atoms with E-state index >= 15 is 0 Å². The molecule has 1 fully saturated rings. The van der Waals surface area contributed by atoms with E-state index in [2.05, 4.69) is 20.6 Å². The third-order valence-electron chi connectivity index (χ3n) is 3.32. The second kappa shape index (κ2) is 3.77. The van der Waals surface area contributed by atoms with Gasteiger partial charge in [0.1, 0.15) is 12.1 Å². The molecule has 0 bridgehead atoms. The maximum Gasteiger partial charge on any atom is 0.134 e. The summed E-state index contributed by atoms with van der Waals surface area (Å²) in [6, 6.07) is 0.644. The molecule has 0 aromatic carbocycles. The molecule has 80 valence electrons. The fraction of sp³-hybridized carbons (Fsp3) is 0.636. The summed E-state index contributed by atoms with van der Waals surface area (Å²) in [5.74, 6) is 1.05. The standard InChI is InChI=1S/C11H16N4/c1-2-8(3-1)15-11-9-6-12-5-4-10(9)13-7-14-11/h7-8,12H,1-6H2,(H,13,14,15). The van der Waals surface area contributed by atoms with Crippen LogP contribution in [0.1, 0.15) is 30.5 Å². The number of fused-ring (bicyclic) bond motifs is 1. The molecule has 4 nitrogen and oxygen atoms in total. The Morgan fingerprint density at radius 3 is 3.07 bits per heavy atom. The van der Waals surface area contributed by atoms with E-state index in [0.717, 1.165) is 25.3 Å². The summed E-state index contributed by atoms with van der Waals surface area (Å²) >= 11 is 0. The van der Waals surface area contributed by atoms with Gasteiger partial charge in [0.25, 0.3) is 0 Å². The van der Waals surface area contributed by atoms with E-state index in [4.69, 9.17) is 0 Å². The lowest BCUT2D eigenvalue weighted by Crippen LogP contribution is -2.31. The zero-order valence-electron chi connectivity index (χ0n) is 8.79. The zero-order valence-corrected chi connectivity index (χ0v) is 8.79. The van der Waals surface area contributed by atoms with Gasteiger partial charge in [-0.2, -0.15) is 0 Å². The SMILES string of the molecule is c1nc2c(c(NC3CCC3)n1)CNCC2. The van der Waals surface area contributed by atoms with E-state index in [0.29, 0.717) is 6.04 Å². The Kier molecular flexibility index (Phi) is 2.29. The predicted octanol–water partition coefficient (Wildman–Crippen LogP) is 1.09. The van der Waals surface area contributed by atoms with Crippen molar-refractivity contribution < 1.29 is 0 Å². The molecule has 1 saturated carbocycles. The van der Waals surface area contributed by atoms with Crippen molar-refractivity contribution in [3.05, 3.63) is 17.6 Å². The fourth-order valence-electron chi connectivity index (χ4n) is 2.14. The summed E-state index contributed by atoms with van der Waals surface area (Å²) in [6.45, 7) is 1.94. The van der Waals surface area contributed by atoms with Gasteiger partial charge in [0.05, 0.1) is 5.69 Å². The number of nitrogens with zero attached hydrogens (tertiary/aromatic N) is 2. The van der Waals surface area contributed by atoms with Crippen LogP contribution < -0.4 is 10.6 Å². The predicted molar refractivity (Wildman–Crippen MR) is 58.7 cm³/mol. The van der Waals surface area contributed by atoms with Crippen molar-refractivity contribution in [2.45, 2.75) is 38.3 Å². The highest BCUT2D eigenvalue weighted by molar-refractivity contribution is 5.47. The molecule has 0 atom stereocenters. The van der Waals surface area contributed by atoms with Crippen LogP contribution in [0.2, 0.25) is 0 Å². The monoisotopic (exact) mass is 204 g/mol. The first-order valence-corrected chi connectivity index (χ1v) is 5.73. The Balaban J connectivity index is 1.85. The Bertz CT molecular complexity index is 360. The van der Waals surface area contributed by atoms with Gasteiger partial charge < -0.3 is 10.6 Å². The minimum Gasteiger partial charge on any atom is -0.367 e. The summed E-state index contributed by atoms with van der Waals surface area (Å²) in [6.07, 6.45) is 6.63. The van der Waals surface area contributed by atoms with Gasteiger partial charge in [-0.15, -0.1) is 0 Å². The molecule has 0 saturated heterocycles. The molecule has 0 spiro atoms. The minimum atomic E-state index is 0.644. The molecule has 4 heteroatoms. The topological polar surface area (TPSA) is 49.8 Å². The Labute approximate surface area is 89.5 Å². The normalized spacial score (nSPS) is 20.5. The highest BCUT2D eigenvalue weighted by Crippen LogP contribution is 2.25. The van der Waals surface area contributed by atoms with Crippen molar-refractivity contribution >= 4 is 5.82 Å². The molecule has 1 aliphatic carbocycles. The molecule has 1 aromatic heterocycles. The molecule has 2 heterocycles. The van der Waals surface area contributed by atoms with Crippen molar-refractivity contribution in [1.82, 2.24) is 15.3 Å². The van der Waals surface area contributed by atoms with Gasteiger partial charge in [-0.25, -0.2) is 9.97 Å². The first kappa shape index (κ1) is 9.09. The second-order valence-electron chi connectivity index (χ2n) is 4.35. The van der Waals surface area contributed by atoms with Gasteiger partial charge in [-0.3, -0.25) is 0 Å². The molecule has 0 radical (unpaired) electrons. The first-order valence-electron chi connectivity index (χ1n) is 5.73. The van der Waals surface area contributed by atoms with Crippen LogP contribution in [0.25, 0.3) is 0 Å². The number of hydrogen-bond acceptors (Lipinski definition) is 4. The van der Waals surface area contributed by atoms with Crippen LogP contribution in [0, 0.1) is 0 Å². The number of aromatic nitrogens is 2. The molecule has 2 N–H and O–H groups in total. The third-order valence-corrected chi connectivity index (χ3v) is 3.32. The van der Waals surface area contributed by atoms with Gasteiger partial charge in [-0.1, -0.05) is 0 Å². The van der Waals surface area contributed by atoms with Crippen LogP contribution in [0.3, 0.4) is 0 Å². The maximum atomic E-state index is 4.35. The largest absolute Gasteiger partial charge is 0.367 e. The van der Waals surface area contributed by atoms with Crippen LogP contribution in [-0.4, -0.2) is 22.6 Å². The van der Waals surface area contributed by atoms with E-state index in [1.807, 2.05) is 0 Å². The van der Waals surface area contributed by atoms with Crippen molar-refractivity contribution in [2.24, 2.45) is 0 Å². The molecular weight excluding hydrogens is 188 g/mol. The molecule has 15 heavy (non-hydrogen) atoms. The molecule has 1 aromatic rings. The summed E-state index contributed by atoms with van der Waals surface area (Å²) in [7, 11) is 0. The average molecular weight is 204 g/mol. The fourth-order valence-corrected chi connectivity index (χ4v) is 2.14. The molecule has 2 aliphatic rings. The zero-order chi connectivity index (χ0) is 10.1. The Hall–Kier alpha value is -1.16. The third kappa shape index (κ3) is 1.69. The van der Waals surface area contributed by atoms with E-state index in [1.54, 1.807) is 6.33 Å². The average Bonchev–Trinajstić information content (AvgIpc) is 2.23. The van der Waals surface area contributed by atoms with E-state index in [-0.39, 0.29) is 0 Å². The van der Waals surface area contributed by atoms with Crippen LogP contribution in [-0.2, 0) is 13.0 Å². The summed E-state index contributed by atoms with van der Waals surface area (Å²) in [4.78, 5) is 8.69. The number of hydrogen-bond donors (Lipinski definition) is 2. The van der Waals surface area contributed by atoms with Crippen molar-refractivity contribution in [3.8, 4) is 0 Å². The van der Waals surface area contributed by atoms with Crippen LogP contribution in [0.15, 0.2) is 6.33 Å². The van der Waals surface area contributed by atoms with Crippen LogP contribution in [0.5, 0.6) is 0 Å². The van der Waals surface area contributed by atoms with Crippen LogP contribution >= 0.6 is 0 Å². The molecule has 3 rings (SSSR count). The summed E-state index contributed by atoms with van der Waals surface area (Å²) in [5, 5.41) is 6.89.